The number of piperazine rings is 1. The maximum absolute atomic E-state index is 14.0. The molecule has 170 valence electrons. The fourth-order valence-electron chi connectivity index (χ4n) is 5.08. The highest BCUT2D eigenvalue weighted by molar-refractivity contribution is 5.94. The summed E-state index contributed by atoms with van der Waals surface area (Å²) in [7, 11) is 0. The lowest BCUT2D eigenvalue weighted by atomic mass is 9.94. The SMILES string of the molecule is Cc1cccc(CNC(=O)C(C2CCCC2)N2CCN(C(=O)c3ccccc3F)CC2)c1. The highest BCUT2D eigenvalue weighted by Gasteiger charge is 2.37. The van der Waals surface area contributed by atoms with Gasteiger partial charge in [0.05, 0.1) is 11.6 Å². The van der Waals surface area contributed by atoms with Crippen LogP contribution in [0.25, 0.3) is 0 Å². The number of carbonyl (C=O) groups excluding carboxylic acids is 2. The van der Waals surface area contributed by atoms with E-state index in [2.05, 4.69) is 29.3 Å². The van der Waals surface area contributed by atoms with Crippen LogP contribution in [0.2, 0.25) is 0 Å². The van der Waals surface area contributed by atoms with Crippen molar-refractivity contribution in [2.24, 2.45) is 5.92 Å². The molecule has 4 rings (SSSR count). The number of halogens is 1. The predicted octanol–water partition coefficient (Wildman–Crippen LogP) is 3.77. The van der Waals surface area contributed by atoms with Gasteiger partial charge in [-0.1, -0.05) is 54.8 Å². The average Bonchev–Trinajstić information content (AvgIpc) is 3.33. The lowest BCUT2D eigenvalue weighted by Gasteiger charge is -2.40. The first-order valence-electron chi connectivity index (χ1n) is 11.6. The van der Waals surface area contributed by atoms with Gasteiger partial charge in [-0.15, -0.1) is 0 Å². The van der Waals surface area contributed by atoms with E-state index in [1.165, 1.54) is 17.7 Å². The van der Waals surface area contributed by atoms with Gasteiger partial charge in [-0.05, 0) is 43.4 Å². The van der Waals surface area contributed by atoms with Gasteiger partial charge < -0.3 is 10.2 Å². The number of hydrogen-bond donors (Lipinski definition) is 1. The van der Waals surface area contributed by atoms with Crippen LogP contribution in [0.3, 0.4) is 0 Å². The molecule has 0 bridgehead atoms. The molecule has 1 saturated carbocycles. The second kappa shape index (κ2) is 10.3. The minimum atomic E-state index is -0.487. The van der Waals surface area contributed by atoms with Crippen LogP contribution in [0.5, 0.6) is 0 Å². The van der Waals surface area contributed by atoms with Crippen molar-refractivity contribution in [2.45, 2.75) is 45.2 Å². The molecule has 1 unspecified atom stereocenters. The summed E-state index contributed by atoms with van der Waals surface area (Å²) in [6.45, 7) is 4.83. The fraction of sp³-hybridized carbons (Fsp3) is 0.462. The molecule has 2 amide bonds. The van der Waals surface area contributed by atoms with Gasteiger partial charge >= 0.3 is 0 Å². The zero-order chi connectivity index (χ0) is 22.5. The Hall–Kier alpha value is -2.73. The third-order valence-electron chi connectivity index (χ3n) is 6.76. The van der Waals surface area contributed by atoms with Crippen LogP contribution in [-0.2, 0) is 11.3 Å². The van der Waals surface area contributed by atoms with E-state index >= 15 is 0 Å². The first-order valence-corrected chi connectivity index (χ1v) is 11.6. The third-order valence-corrected chi connectivity index (χ3v) is 6.76. The van der Waals surface area contributed by atoms with Gasteiger partial charge in [0.1, 0.15) is 5.82 Å². The molecule has 2 aromatic carbocycles. The van der Waals surface area contributed by atoms with E-state index in [4.69, 9.17) is 0 Å². The van der Waals surface area contributed by atoms with E-state index < -0.39 is 5.82 Å². The zero-order valence-electron chi connectivity index (χ0n) is 18.7. The minimum absolute atomic E-state index is 0.0762. The molecule has 1 aliphatic carbocycles. The van der Waals surface area contributed by atoms with Crippen molar-refractivity contribution >= 4 is 11.8 Å². The van der Waals surface area contributed by atoms with Crippen molar-refractivity contribution in [1.29, 1.82) is 0 Å². The molecular formula is C26H32FN3O2. The van der Waals surface area contributed by atoms with Gasteiger partial charge in [0.2, 0.25) is 5.91 Å². The third kappa shape index (κ3) is 5.18. The summed E-state index contributed by atoms with van der Waals surface area (Å²) in [5.74, 6) is -0.336. The summed E-state index contributed by atoms with van der Waals surface area (Å²) >= 11 is 0. The van der Waals surface area contributed by atoms with Crippen LogP contribution in [0, 0.1) is 18.7 Å². The number of nitrogens with zero attached hydrogens (tertiary/aromatic N) is 2. The van der Waals surface area contributed by atoms with Gasteiger partial charge in [-0.2, -0.15) is 0 Å². The van der Waals surface area contributed by atoms with Gasteiger partial charge in [-0.3, -0.25) is 14.5 Å². The quantitative estimate of drug-likeness (QED) is 0.749. The van der Waals surface area contributed by atoms with E-state index in [0.29, 0.717) is 38.6 Å². The molecule has 5 nitrogen and oxygen atoms in total. The largest absolute Gasteiger partial charge is 0.351 e. The topological polar surface area (TPSA) is 52.7 Å². The molecule has 1 aliphatic heterocycles. The van der Waals surface area contributed by atoms with E-state index in [1.54, 1.807) is 17.0 Å². The number of nitrogens with one attached hydrogen (secondary N) is 1. The smallest absolute Gasteiger partial charge is 0.256 e. The van der Waals surface area contributed by atoms with Crippen molar-refractivity contribution < 1.29 is 14.0 Å². The van der Waals surface area contributed by atoms with Crippen molar-refractivity contribution in [3.63, 3.8) is 0 Å². The van der Waals surface area contributed by atoms with Crippen LogP contribution in [-0.4, -0.2) is 53.8 Å². The molecule has 1 atom stereocenters. The van der Waals surface area contributed by atoms with E-state index in [0.717, 1.165) is 31.2 Å². The van der Waals surface area contributed by atoms with Crippen molar-refractivity contribution in [3.8, 4) is 0 Å². The molecule has 32 heavy (non-hydrogen) atoms. The van der Waals surface area contributed by atoms with Gasteiger partial charge in [0, 0.05) is 32.7 Å². The number of carbonyl (C=O) groups is 2. The van der Waals surface area contributed by atoms with E-state index in [1.807, 2.05) is 12.1 Å². The molecule has 1 saturated heterocycles. The Labute approximate surface area is 189 Å². The number of hydrogen-bond acceptors (Lipinski definition) is 3. The van der Waals surface area contributed by atoms with Gasteiger partial charge in [0.25, 0.3) is 5.91 Å². The molecule has 0 spiro atoms. The summed E-state index contributed by atoms with van der Waals surface area (Å²) in [6, 6.07) is 14.1. The van der Waals surface area contributed by atoms with E-state index in [-0.39, 0.29) is 23.4 Å². The summed E-state index contributed by atoms with van der Waals surface area (Å²) in [4.78, 5) is 30.0. The standard InChI is InChI=1S/C26H32FN3O2/c1-19-7-6-8-20(17-19)18-28-25(31)24(21-9-2-3-10-21)29-13-15-30(16-14-29)26(32)22-11-4-5-12-23(22)27/h4-8,11-12,17,21,24H,2-3,9-10,13-16,18H2,1H3,(H,28,31). The Balaban J connectivity index is 1.40. The van der Waals surface area contributed by atoms with Crippen LogP contribution < -0.4 is 5.32 Å². The number of amides is 2. The van der Waals surface area contributed by atoms with E-state index in [9.17, 15) is 14.0 Å². The molecule has 0 aromatic heterocycles. The van der Waals surface area contributed by atoms with Crippen molar-refractivity contribution in [3.05, 3.63) is 71.0 Å². The Morgan fingerprint density at radius 2 is 1.75 bits per heavy atom. The highest BCUT2D eigenvalue weighted by Crippen LogP contribution is 2.31. The Morgan fingerprint density at radius 3 is 2.44 bits per heavy atom. The average molecular weight is 438 g/mol. The van der Waals surface area contributed by atoms with Crippen molar-refractivity contribution in [2.75, 3.05) is 26.2 Å². The number of benzene rings is 2. The lowest BCUT2D eigenvalue weighted by Crippen LogP contribution is -2.58. The molecule has 2 aliphatic rings. The summed E-state index contributed by atoms with van der Waals surface area (Å²) in [6.07, 6.45) is 4.46. The molecular weight excluding hydrogens is 405 g/mol. The molecule has 2 aromatic rings. The predicted molar refractivity (Wildman–Crippen MR) is 123 cm³/mol. The highest BCUT2D eigenvalue weighted by atomic mass is 19.1. The summed E-state index contributed by atoms with van der Waals surface area (Å²) in [5, 5.41) is 3.16. The Morgan fingerprint density at radius 1 is 1.03 bits per heavy atom. The first kappa shape index (κ1) is 22.5. The maximum atomic E-state index is 14.0. The van der Waals surface area contributed by atoms with Crippen LogP contribution in [0.4, 0.5) is 4.39 Å². The zero-order valence-corrected chi connectivity index (χ0v) is 18.7. The van der Waals surface area contributed by atoms with Crippen LogP contribution in [0.1, 0.15) is 47.2 Å². The Kier molecular flexibility index (Phi) is 7.20. The second-order valence-corrected chi connectivity index (χ2v) is 9.00. The normalized spacial score (nSPS) is 18.5. The van der Waals surface area contributed by atoms with Gasteiger partial charge in [-0.25, -0.2) is 4.39 Å². The summed E-state index contributed by atoms with van der Waals surface area (Å²) < 4.78 is 14.0. The fourth-order valence-corrected chi connectivity index (χ4v) is 5.08. The van der Waals surface area contributed by atoms with Crippen LogP contribution in [0.15, 0.2) is 48.5 Å². The molecule has 2 fully saturated rings. The number of rotatable bonds is 6. The molecule has 1 heterocycles. The van der Waals surface area contributed by atoms with Crippen molar-refractivity contribution in [1.82, 2.24) is 15.1 Å². The maximum Gasteiger partial charge on any atom is 0.256 e. The monoisotopic (exact) mass is 437 g/mol. The van der Waals surface area contributed by atoms with Crippen LogP contribution >= 0.6 is 0 Å². The minimum Gasteiger partial charge on any atom is -0.351 e. The second-order valence-electron chi connectivity index (χ2n) is 9.00. The summed E-state index contributed by atoms with van der Waals surface area (Å²) in [5.41, 5.74) is 2.40. The Bertz CT molecular complexity index is 950. The number of aryl methyl sites for hydroxylation is 1. The molecule has 0 radical (unpaired) electrons. The van der Waals surface area contributed by atoms with Gasteiger partial charge in [0.15, 0.2) is 0 Å². The first-order chi connectivity index (χ1) is 15.5. The molecule has 1 N–H and O–H groups in total. The lowest BCUT2D eigenvalue weighted by molar-refractivity contribution is -0.129. The molecule has 6 heteroatoms.